The maximum absolute atomic E-state index is 12.7. The first-order chi connectivity index (χ1) is 11.4. The average Bonchev–Trinajstić information content (AvgIpc) is 3.27. The summed E-state index contributed by atoms with van der Waals surface area (Å²) in [6.07, 6.45) is 2.71. The lowest BCUT2D eigenvalue weighted by Crippen LogP contribution is -2.48. The zero-order valence-electron chi connectivity index (χ0n) is 13.1. The van der Waals surface area contributed by atoms with Crippen LogP contribution in [0.15, 0.2) is 21.7 Å². The van der Waals surface area contributed by atoms with Crippen LogP contribution < -0.4 is 5.32 Å². The summed E-state index contributed by atoms with van der Waals surface area (Å²) in [4.78, 5) is 23.5. The largest absolute Gasteiger partial charge is 0.481 e. The molecule has 1 amide bonds. The lowest BCUT2D eigenvalue weighted by Gasteiger charge is -2.24. The first kappa shape index (κ1) is 17.4. The van der Waals surface area contributed by atoms with E-state index in [-0.39, 0.29) is 16.2 Å². The van der Waals surface area contributed by atoms with Gasteiger partial charge in [-0.1, -0.05) is 6.07 Å². The van der Waals surface area contributed by atoms with Crippen molar-refractivity contribution in [1.29, 1.82) is 0 Å². The molecule has 9 heteroatoms. The van der Waals surface area contributed by atoms with E-state index in [2.05, 4.69) is 5.32 Å². The molecule has 132 valence electrons. The molecule has 3 rings (SSSR count). The standard InChI is InChI=1S/C15H20N2O5S2/c18-14(16-11-6-5-10(9-11)15(19)20)12-3-1-7-17(12)24(21,22)13-4-2-8-23-13/h2,4,8,10-12H,1,3,5-7,9H2,(H,16,18)(H,19,20)/t10-,11+,12?/m1/s1. The summed E-state index contributed by atoms with van der Waals surface area (Å²) >= 11 is 1.14. The van der Waals surface area contributed by atoms with Crippen LogP contribution >= 0.6 is 11.3 Å². The van der Waals surface area contributed by atoms with Gasteiger partial charge in [0, 0.05) is 12.6 Å². The molecular weight excluding hydrogens is 352 g/mol. The molecule has 1 saturated carbocycles. The van der Waals surface area contributed by atoms with Gasteiger partial charge in [-0.15, -0.1) is 11.3 Å². The molecule has 0 bridgehead atoms. The van der Waals surface area contributed by atoms with Gasteiger partial charge < -0.3 is 10.4 Å². The molecule has 7 nitrogen and oxygen atoms in total. The predicted octanol–water partition coefficient (Wildman–Crippen LogP) is 1.27. The van der Waals surface area contributed by atoms with E-state index < -0.39 is 28.0 Å². The summed E-state index contributed by atoms with van der Waals surface area (Å²) in [6, 6.07) is 2.32. The van der Waals surface area contributed by atoms with Crippen LogP contribution in [0.3, 0.4) is 0 Å². The van der Waals surface area contributed by atoms with E-state index >= 15 is 0 Å². The minimum atomic E-state index is -3.65. The van der Waals surface area contributed by atoms with Crippen molar-refractivity contribution in [2.45, 2.75) is 48.4 Å². The first-order valence-electron chi connectivity index (χ1n) is 7.98. The molecule has 1 aliphatic carbocycles. The lowest BCUT2D eigenvalue weighted by molar-refractivity contribution is -0.141. The highest BCUT2D eigenvalue weighted by Crippen LogP contribution is 2.30. The summed E-state index contributed by atoms with van der Waals surface area (Å²) in [5.41, 5.74) is 0. The third kappa shape index (κ3) is 3.33. The van der Waals surface area contributed by atoms with Gasteiger partial charge in [0.05, 0.1) is 5.92 Å². The van der Waals surface area contributed by atoms with Crippen molar-refractivity contribution >= 4 is 33.2 Å². The minimum absolute atomic E-state index is 0.189. The normalized spacial score (nSPS) is 28.1. The SMILES string of the molecule is O=C(N[C@H]1CC[C@@H](C(=O)O)C1)C1CCCN1S(=O)(=O)c1cccs1. The van der Waals surface area contributed by atoms with Crippen LogP contribution in [0.2, 0.25) is 0 Å². The number of nitrogens with zero attached hydrogens (tertiary/aromatic N) is 1. The van der Waals surface area contributed by atoms with Crippen LogP contribution in [0.25, 0.3) is 0 Å². The third-order valence-electron chi connectivity index (χ3n) is 4.69. The number of carboxylic acid groups (broad SMARTS) is 1. The van der Waals surface area contributed by atoms with E-state index in [9.17, 15) is 18.0 Å². The Morgan fingerprint density at radius 3 is 2.71 bits per heavy atom. The molecule has 24 heavy (non-hydrogen) atoms. The molecule has 1 saturated heterocycles. The highest BCUT2D eigenvalue weighted by molar-refractivity contribution is 7.91. The number of nitrogens with one attached hydrogen (secondary N) is 1. The molecule has 1 unspecified atom stereocenters. The molecule has 1 aliphatic heterocycles. The van der Waals surface area contributed by atoms with E-state index in [1.165, 1.54) is 4.31 Å². The molecule has 0 aromatic carbocycles. The Morgan fingerprint density at radius 2 is 2.08 bits per heavy atom. The van der Waals surface area contributed by atoms with Crippen molar-refractivity contribution in [2.75, 3.05) is 6.54 Å². The molecule has 2 heterocycles. The Hall–Kier alpha value is -1.45. The number of carbonyl (C=O) groups excluding carboxylic acids is 1. The second-order valence-corrected chi connectivity index (χ2v) is 9.32. The van der Waals surface area contributed by atoms with Crippen LogP contribution in [0.4, 0.5) is 0 Å². The van der Waals surface area contributed by atoms with Crippen molar-refractivity contribution in [3.63, 3.8) is 0 Å². The van der Waals surface area contributed by atoms with E-state index in [1.807, 2.05) is 0 Å². The number of rotatable bonds is 5. The molecule has 1 aromatic rings. The molecule has 2 N–H and O–H groups in total. The molecule has 0 radical (unpaired) electrons. The van der Waals surface area contributed by atoms with Crippen LogP contribution in [0, 0.1) is 5.92 Å². The fourth-order valence-electron chi connectivity index (χ4n) is 3.45. The van der Waals surface area contributed by atoms with Crippen molar-refractivity contribution in [1.82, 2.24) is 9.62 Å². The van der Waals surface area contributed by atoms with Crippen molar-refractivity contribution in [3.8, 4) is 0 Å². The van der Waals surface area contributed by atoms with Crippen molar-refractivity contribution in [3.05, 3.63) is 17.5 Å². The lowest BCUT2D eigenvalue weighted by atomic mass is 10.1. The van der Waals surface area contributed by atoms with Crippen molar-refractivity contribution in [2.24, 2.45) is 5.92 Å². The number of sulfonamides is 1. The van der Waals surface area contributed by atoms with Gasteiger partial charge in [-0.3, -0.25) is 9.59 Å². The van der Waals surface area contributed by atoms with Gasteiger partial charge in [-0.05, 0) is 43.6 Å². The summed E-state index contributed by atoms with van der Waals surface area (Å²) < 4.78 is 26.9. The smallest absolute Gasteiger partial charge is 0.306 e. The fourth-order valence-corrected chi connectivity index (χ4v) is 6.23. The summed E-state index contributed by atoms with van der Waals surface area (Å²) in [5, 5.41) is 13.6. The minimum Gasteiger partial charge on any atom is -0.481 e. The van der Waals surface area contributed by atoms with Gasteiger partial charge in [0.2, 0.25) is 5.91 Å². The number of amides is 1. The van der Waals surface area contributed by atoms with E-state index in [0.717, 1.165) is 11.3 Å². The fraction of sp³-hybridized carbons (Fsp3) is 0.600. The van der Waals surface area contributed by atoms with Crippen LogP contribution in [-0.4, -0.2) is 48.3 Å². The van der Waals surface area contributed by atoms with Gasteiger partial charge in [0.15, 0.2) is 0 Å². The number of carboxylic acids is 1. The number of thiophene rings is 1. The Morgan fingerprint density at radius 1 is 1.29 bits per heavy atom. The maximum Gasteiger partial charge on any atom is 0.306 e. The summed E-state index contributed by atoms with van der Waals surface area (Å²) in [7, 11) is -3.65. The zero-order chi connectivity index (χ0) is 17.3. The quantitative estimate of drug-likeness (QED) is 0.810. The van der Waals surface area contributed by atoms with E-state index in [1.54, 1.807) is 17.5 Å². The Kier molecular flexibility index (Phi) is 4.93. The Bertz CT molecular complexity index is 716. The van der Waals surface area contributed by atoms with E-state index in [0.29, 0.717) is 38.6 Å². The summed E-state index contributed by atoms with van der Waals surface area (Å²) in [6.45, 7) is 0.334. The maximum atomic E-state index is 12.7. The number of carbonyl (C=O) groups is 2. The van der Waals surface area contributed by atoms with Gasteiger partial charge in [0.25, 0.3) is 10.0 Å². The topological polar surface area (TPSA) is 104 Å². The first-order valence-corrected chi connectivity index (χ1v) is 10.3. The second kappa shape index (κ2) is 6.81. The third-order valence-corrected chi connectivity index (χ3v) is 7.97. The molecule has 0 spiro atoms. The zero-order valence-corrected chi connectivity index (χ0v) is 14.7. The predicted molar refractivity (Wildman–Crippen MR) is 88.1 cm³/mol. The molecular formula is C15H20N2O5S2. The van der Waals surface area contributed by atoms with E-state index in [4.69, 9.17) is 5.11 Å². The summed E-state index contributed by atoms with van der Waals surface area (Å²) in [5.74, 6) is -1.58. The van der Waals surface area contributed by atoms with Gasteiger partial charge >= 0.3 is 5.97 Å². The Labute approximate surface area is 144 Å². The van der Waals surface area contributed by atoms with Gasteiger partial charge in [0.1, 0.15) is 10.3 Å². The van der Waals surface area contributed by atoms with Crippen LogP contribution in [-0.2, 0) is 19.6 Å². The monoisotopic (exact) mass is 372 g/mol. The molecule has 2 aliphatic rings. The van der Waals surface area contributed by atoms with Gasteiger partial charge in [-0.25, -0.2) is 8.42 Å². The van der Waals surface area contributed by atoms with Gasteiger partial charge in [-0.2, -0.15) is 4.31 Å². The van der Waals surface area contributed by atoms with Crippen LogP contribution in [0.1, 0.15) is 32.1 Å². The number of hydrogen-bond donors (Lipinski definition) is 2. The molecule has 2 fully saturated rings. The molecule has 1 aromatic heterocycles. The highest BCUT2D eigenvalue weighted by atomic mass is 32.2. The average molecular weight is 372 g/mol. The highest BCUT2D eigenvalue weighted by Gasteiger charge is 2.41. The van der Waals surface area contributed by atoms with Crippen molar-refractivity contribution < 1.29 is 23.1 Å². The Balaban J connectivity index is 1.67. The number of aliphatic carboxylic acids is 1. The van der Waals surface area contributed by atoms with Crippen LogP contribution in [0.5, 0.6) is 0 Å². The number of hydrogen-bond acceptors (Lipinski definition) is 5. The molecule has 3 atom stereocenters. The second-order valence-electron chi connectivity index (χ2n) is 6.26.